The molecule has 1 fully saturated rings. The van der Waals surface area contributed by atoms with Crippen molar-refractivity contribution in [3.05, 3.63) is 48.8 Å². The zero-order valence-corrected chi connectivity index (χ0v) is 10.7. The van der Waals surface area contributed by atoms with Crippen LogP contribution < -0.4 is 4.74 Å². The van der Waals surface area contributed by atoms with Crippen molar-refractivity contribution in [2.75, 3.05) is 0 Å². The summed E-state index contributed by atoms with van der Waals surface area (Å²) < 4.78 is 5.86. The van der Waals surface area contributed by atoms with Crippen molar-refractivity contribution in [1.82, 2.24) is 4.98 Å². The van der Waals surface area contributed by atoms with Crippen molar-refractivity contribution in [2.45, 2.75) is 31.5 Å². The van der Waals surface area contributed by atoms with Gasteiger partial charge in [0.1, 0.15) is 11.9 Å². The van der Waals surface area contributed by atoms with Crippen LogP contribution in [0.4, 0.5) is 0 Å². The molecule has 0 aliphatic heterocycles. The molecule has 19 heavy (non-hydrogen) atoms. The Balaban J connectivity index is 1.69. The Morgan fingerprint density at radius 3 is 2.26 bits per heavy atom. The molecule has 2 aromatic rings. The van der Waals surface area contributed by atoms with Crippen LogP contribution in [0.5, 0.6) is 5.75 Å². The highest BCUT2D eigenvalue weighted by Crippen LogP contribution is 2.26. The van der Waals surface area contributed by atoms with E-state index < -0.39 is 0 Å². The van der Waals surface area contributed by atoms with Crippen molar-refractivity contribution in [3.8, 4) is 16.9 Å². The van der Waals surface area contributed by atoms with E-state index in [2.05, 4.69) is 17.1 Å². The summed E-state index contributed by atoms with van der Waals surface area (Å²) in [7, 11) is 0. The van der Waals surface area contributed by atoms with Gasteiger partial charge in [-0.15, -0.1) is 0 Å². The third-order valence-corrected chi connectivity index (χ3v) is 3.53. The lowest BCUT2D eigenvalue weighted by Crippen LogP contribution is -2.13. The van der Waals surface area contributed by atoms with Crippen LogP contribution in [0.1, 0.15) is 19.3 Å². The highest BCUT2D eigenvalue weighted by molar-refractivity contribution is 5.63. The van der Waals surface area contributed by atoms with E-state index in [1.165, 1.54) is 0 Å². The molecule has 2 atom stereocenters. The van der Waals surface area contributed by atoms with Crippen molar-refractivity contribution in [1.29, 1.82) is 0 Å². The summed E-state index contributed by atoms with van der Waals surface area (Å²) >= 11 is 0. The number of hydrogen-bond donors (Lipinski definition) is 1. The number of hydrogen-bond acceptors (Lipinski definition) is 3. The van der Waals surface area contributed by atoms with E-state index in [0.29, 0.717) is 0 Å². The first-order valence-corrected chi connectivity index (χ1v) is 6.66. The molecule has 0 radical (unpaired) electrons. The fourth-order valence-corrected chi connectivity index (χ4v) is 2.49. The van der Waals surface area contributed by atoms with Gasteiger partial charge in [-0.05, 0) is 48.2 Å². The second kappa shape index (κ2) is 5.41. The third-order valence-electron chi connectivity index (χ3n) is 3.53. The third kappa shape index (κ3) is 2.93. The van der Waals surface area contributed by atoms with Crippen LogP contribution in [-0.4, -0.2) is 22.3 Å². The van der Waals surface area contributed by atoms with E-state index >= 15 is 0 Å². The molecule has 1 N–H and O–H groups in total. The van der Waals surface area contributed by atoms with Crippen molar-refractivity contribution < 1.29 is 9.84 Å². The van der Waals surface area contributed by atoms with Crippen LogP contribution in [0.25, 0.3) is 11.1 Å². The number of pyridine rings is 1. The molecule has 0 spiro atoms. The van der Waals surface area contributed by atoms with E-state index in [0.717, 1.165) is 36.1 Å². The molecule has 98 valence electrons. The monoisotopic (exact) mass is 255 g/mol. The maximum absolute atomic E-state index is 9.48. The molecule has 1 saturated carbocycles. The molecule has 1 aromatic heterocycles. The van der Waals surface area contributed by atoms with Crippen LogP contribution in [-0.2, 0) is 0 Å². The first-order chi connectivity index (χ1) is 9.31. The summed E-state index contributed by atoms with van der Waals surface area (Å²) in [5.41, 5.74) is 2.30. The van der Waals surface area contributed by atoms with Crippen LogP contribution in [0, 0.1) is 0 Å². The van der Waals surface area contributed by atoms with Gasteiger partial charge in [0.15, 0.2) is 0 Å². The summed E-state index contributed by atoms with van der Waals surface area (Å²) in [6.07, 6.45) is 6.07. The Hall–Kier alpha value is -1.87. The molecule has 1 aliphatic carbocycles. The molecule has 1 aromatic carbocycles. The Bertz CT molecular complexity index is 524. The van der Waals surface area contributed by atoms with Gasteiger partial charge in [-0.3, -0.25) is 4.98 Å². The molecule has 3 heteroatoms. The van der Waals surface area contributed by atoms with Gasteiger partial charge in [0.05, 0.1) is 6.10 Å². The first kappa shape index (κ1) is 12.2. The van der Waals surface area contributed by atoms with Gasteiger partial charge in [0.25, 0.3) is 0 Å². The van der Waals surface area contributed by atoms with Crippen LogP contribution in [0.3, 0.4) is 0 Å². The van der Waals surface area contributed by atoms with Crippen LogP contribution in [0.2, 0.25) is 0 Å². The Kier molecular flexibility index (Phi) is 3.47. The van der Waals surface area contributed by atoms with E-state index in [4.69, 9.17) is 4.74 Å². The first-order valence-electron chi connectivity index (χ1n) is 6.66. The van der Waals surface area contributed by atoms with Gasteiger partial charge in [-0.2, -0.15) is 0 Å². The molecule has 1 aliphatic rings. The number of ether oxygens (including phenoxy) is 1. The average Bonchev–Trinajstić information content (AvgIpc) is 2.86. The number of aliphatic hydroxyl groups is 1. The van der Waals surface area contributed by atoms with Gasteiger partial charge >= 0.3 is 0 Å². The molecule has 0 bridgehead atoms. The molecule has 2 unspecified atom stereocenters. The lowest BCUT2D eigenvalue weighted by molar-refractivity contribution is 0.150. The van der Waals surface area contributed by atoms with Gasteiger partial charge in [-0.1, -0.05) is 12.1 Å². The maximum Gasteiger partial charge on any atom is 0.119 e. The minimum atomic E-state index is -0.193. The highest BCUT2D eigenvalue weighted by atomic mass is 16.5. The highest BCUT2D eigenvalue weighted by Gasteiger charge is 2.24. The summed E-state index contributed by atoms with van der Waals surface area (Å²) in [5, 5.41) is 9.48. The molecule has 3 nitrogen and oxygen atoms in total. The van der Waals surface area contributed by atoms with Gasteiger partial charge in [-0.25, -0.2) is 0 Å². The minimum Gasteiger partial charge on any atom is -0.490 e. The standard InChI is InChI=1S/C16H17NO2/c18-14-3-6-16(11-14)19-15-4-1-12(2-5-15)13-7-9-17-10-8-13/h1-2,4-5,7-10,14,16,18H,3,6,11H2. The molecule has 3 rings (SSSR count). The van der Waals surface area contributed by atoms with Gasteiger partial charge < -0.3 is 9.84 Å². The second-order valence-corrected chi connectivity index (χ2v) is 4.97. The molecule has 0 saturated heterocycles. The zero-order chi connectivity index (χ0) is 13.1. The van der Waals surface area contributed by atoms with Crippen molar-refractivity contribution in [3.63, 3.8) is 0 Å². The predicted molar refractivity (Wildman–Crippen MR) is 73.9 cm³/mol. The summed E-state index contributed by atoms with van der Waals surface area (Å²) in [6.45, 7) is 0. The number of aromatic nitrogens is 1. The van der Waals surface area contributed by atoms with E-state index in [1.54, 1.807) is 12.4 Å². The quantitative estimate of drug-likeness (QED) is 0.916. The molecular formula is C16H17NO2. The van der Waals surface area contributed by atoms with Crippen LogP contribution >= 0.6 is 0 Å². The Morgan fingerprint density at radius 2 is 1.63 bits per heavy atom. The van der Waals surface area contributed by atoms with Crippen molar-refractivity contribution >= 4 is 0 Å². The summed E-state index contributed by atoms with van der Waals surface area (Å²) in [5.74, 6) is 0.872. The Labute approximate surface area is 112 Å². The Morgan fingerprint density at radius 1 is 0.947 bits per heavy atom. The van der Waals surface area contributed by atoms with E-state index in [-0.39, 0.29) is 12.2 Å². The maximum atomic E-state index is 9.48. The van der Waals surface area contributed by atoms with E-state index in [1.807, 2.05) is 24.3 Å². The largest absolute Gasteiger partial charge is 0.490 e. The fraction of sp³-hybridized carbons (Fsp3) is 0.312. The van der Waals surface area contributed by atoms with E-state index in [9.17, 15) is 5.11 Å². The normalized spacial score (nSPS) is 22.4. The fourth-order valence-electron chi connectivity index (χ4n) is 2.49. The number of aliphatic hydroxyl groups excluding tert-OH is 1. The smallest absolute Gasteiger partial charge is 0.119 e. The van der Waals surface area contributed by atoms with Gasteiger partial charge in [0, 0.05) is 18.8 Å². The number of nitrogens with zero attached hydrogens (tertiary/aromatic N) is 1. The minimum absolute atomic E-state index is 0.154. The number of benzene rings is 1. The van der Waals surface area contributed by atoms with Gasteiger partial charge in [0.2, 0.25) is 0 Å². The topological polar surface area (TPSA) is 42.4 Å². The van der Waals surface area contributed by atoms with Crippen LogP contribution in [0.15, 0.2) is 48.8 Å². The molecule has 0 amide bonds. The number of rotatable bonds is 3. The lowest BCUT2D eigenvalue weighted by atomic mass is 10.1. The molecule has 1 heterocycles. The second-order valence-electron chi connectivity index (χ2n) is 4.97. The lowest BCUT2D eigenvalue weighted by Gasteiger charge is -2.13. The average molecular weight is 255 g/mol. The molecular weight excluding hydrogens is 238 g/mol. The zero-order valence-electron chi connectivity index (χ0n) is 10.7. The predicted octanol–water partition coefficient (Wildman–Crippen LogP) is 3.04. The summed E-state index contributed by atoms with van der Waals surface area (Å²) in [4.78, 5) is 4.02. The SMILES string of the molecule is OC1CCC(Oc2ccc(-c3ccncc3)cc2)C1. The summed E-state index contributed by atoms with van der Waals surface area (Å²) in [6, 6.07) is 12.1. The van der Waals surface area contributed by atoms with Crippen molar-refractivity contribution in [2.24, 2.45) is 0 Å².